The minimum Gasteiger partial charge on any atom is -0.352 e. The number of fused-ring (bicyclic) bond motifs is 5. The molecule has 0 amide bonds. The van der Waals surface area contributed by atoms with Crippen LogP contribution < -0.4 is 4.90 Å². The van der Waals surface area contributed by atoms with Crippen LogP contribution in [0, 0.1) is 12.3 Å². The molecule has 2 heterocycles. The molecule has 7 heteroatoms. The third-order valence-electron chi connectivity index (χ3n) is 7.98. The topological polar surface area (TPSA) is 54.5 Å². The fraction of sp³-hybridized carbons (Fsp3) is 0.233. The summed E-state index contributed by atoms with van der Waals surface area (Å²) in [6.45, 7) is 3.32. The highest BCUT2D eigenvalue weighted by molar-refractivity contribution is 6.32. The SMILES string of the molecule is CC(=O)[C@H]1[C@H](c2ccc(C(F)(F)F)cc2)C2(C(=O)c3ccccc3C2=O)C2C=Cc3ccc(C)cc3N21. The minimum atomic E-state index is -4.54. The molecule has 6 rings (SSSR count). The Hall–Kier alpha value is -4.00. The molecule has 1 saturated heterocycles. The van der Waals surface area contributed by atoms with Gasteiger partial charge in [-0.1, -0.05) is 60.7 Å². The molecule has 3 aliphatic rings. The first-order valence-corrected chi connectivity index (χ1v) is 12.0. The number of aryl methyl sites for hydroxylation is 1. The fourth-order valence-corrected chi connectivity index (χ4v) is 6.48. The predicted molar refractivity (Wildman–Crippen MR) is 133 cm³/mol. The summed E-state index contributed by atoms with van der Waals surface area (Å²) in [5.41, 5.74) is 0.860. The van der Waals surface area contributed by atoms with Gasteiger partial charge in [0.2, 0.25) is 0 Å². The van der Waals surface area contributed by atoms with Crippen LogP contribution in [-0.2, 0) is 11.0 Å². The van der Waals surface area contributed by atoms with Crippen LogP contribution in [0.5, 0.6) is 0 Å². The van der Waals surface area contributed by atoms with Crippen LogP contribution in [0.15, 0.2) is 72.8 Å². The van der Waals surface area contributed by atoms with Crippen LogP contribution >= 0.6 is 0 Å². The molecule has 1 unspecified atom stereocenters. The molecule has 2 aliphatic heterocycles. The Balaban J connectivity index is 1.65. The lowest BCUT2D eigenvalue weighted by atomic mass is 9.64. The molecule has 3 aromatic carbocycles. The molecular weight excluding hydrogens is 479 g/mol. The van der Waals surface area contributed by atoms with Gasteiger partial charge in [-0.3, -0.25) is 14.4 Å². The van der Waals surface area contributed by atoms with Gasteiger partial charge in [-0.15, -0.1) is 0 Å². The standard InChI is InChI=1S/C30H22F3NO3/c1-16-7-8-18-11-14-24-29(27(36)21-5-3-4-6-22(21)28(29)37)25(26(17(2)35)34(24)23(18)15-16)19-9-12-20(13-10-19)30(31,32)33/h3-15,24-26H,1-2H3/t24?,25-,26-/m0/s1. The van der Waals surface area contributed by atoms with E-state index in [4.69, 9.17) is 0 Å². The summed E-state index contributed by atoms with van der Waals surface area (Å²) in [6, 6.07) is 15.1. The van der Waals surface area contributed by atoms with Gasteiger partial charge in [0.05, 0.1) is 17.6 Å². The van der Waals surface area contributed by atoms with Crippen molar-refractivity contribution in [1.29, 1.82) is 0 Å². The van der Waals surface area contributed by atoms with Crippen molar-refractivity contribution >= 4 is 29.1 Å². The van der Waals surface area contributed by atoms with E-state index >= 15 is 0 Å². The average Bonchev–Trinajstić information content (AvgIpc) is 3.30. The Morgan fingerprint density at radius 2 is 1.54 bits per heavy atom. The number of hydrogen-bond donors (Lipinski definition) is 0. The molecule has 1 fully saturated rings. The second-order valence-electron chi connectivity index (χ2n) is 10.00. The molecule has 0 saturated carbocycles. The monoisotopic (exact) mass is 501 g/mol. The number of Topliss-reactive ketones (excluding diaryl/α,β-unsaturated/α-hetero) is 3. The van der Waals surface area contributed by atoms with Crippen LogP contribution in [0.3, 0.4) is 0 Å². The highest BCUT2D eigenvalue weighted by Gasteiger charge is 2.71. The largest absolute Gasteiger partial charge is 0.416 e. The van der Waals surface area contributed by atoms with Gasteiger partial charge in [0, 0.05) is 22.7 Å². The molecule has 0 N–H and O–H groups in total. The maximum atomic E-state index is 14.3. The Bertz CT molecular complexity index is 1480. The highest BCUT2D eigenvalue weighted by Crippen LogP contribution is 2.60. The van der Waals surface area contributed by atoms with E-state index in [1.54, 1.807) is 30.3 Å². The highest BCUT2D eigenvalue weighted by atomic mass is 19.4. The molecule has 186 valence electrons. The van der Waals surface area contributed by atoms with E-state index in [2.05, 4.69) is 0 Å². The summed E-state index contributed by atoms with van der Waals surface area (Å²) < 4.78 is 40.1. The Morgan fingerprint density at radius 1 is 0.919 bits per heavy atom. The van der Waals surface area contributed by atoms with Gasteiger partial charge >= 0.3 is 6.18 Å². The molecule has 37 heavy (non-hydrogen) atoms. The normalized spacial score (nSPS) is 23.3. The predicted octanol–water partition coefficient (Wildman–Crippen LogP) is 6.04. The molecule has 0 aromatic heterocycles. The zero-order valence-corrected chi connectivity index (χ0v) is 20.0. The fourth-order valence-electron chi connectivity index (χ4n) is 6.48. The number of alkyl halides is 3. The van der Waals surface area contributed by atoms with Crippen molar-refractivity contribution in [3.05, 3.63) is 106 Å². The molecular formula is C30H22F3NO3. The summed E-state index contributed by atoms with van der Waals surface area (Å²) in [6.07, 6.45) is -0.898. The van der Waals surface area contributed by atoms with E-state index < -0.39 is 46.7 Å². The van der Waals surface area contributed by atoms with Crippen molar-refractivity contribution in [2.24, 2.45) is 5.41 Å². The van der Waals surface area contributed by atoms with E-state index in [-0.39, 0.29) is 16.9 Å². The smallest absolute Gasteiger partial charge is 0.352 e. The van der Waals surface area contributed by atoms with Gasteiger partial charge in [0.25, 0.3) is 0 Å². The third-order valence-corrected chi connectivity index (χ3v) is 7.98. The van der Waals surface area contributed by atoms with Crippen LogP contribution in [0.2, 0.25) is 0 Å². The first-order chi connectivity index (χ1) is 17.6. The van der Waals surface area contributed by atoms with Crippen LogP contribution in [0.1, 0.15) is 55.8 Å². The zero-order chi connectivity index (χ0) is 26.3. The van der Waals surface area contributed by atoms with Crippen molar-refractivity contribution in [3.8, 4) is 0 Å². The molecule has 0 radical (unpaired) electrons. The van der Waals surface area contributed by atoms with Gasteiger partial charge in [0.1, 0.15) is 5.41 Å². The van der Waals surface area contributed by atoms with Crippen molar-refractivity contribution < 1.29 is 27.6 Å². The molecule has 3 atom stereocenters. The maximum Gasteiger partial charge on any atom is 0.416 e. The number of halogens is 3. The second kappa shape index (κ2) is 7.75. The number of ketones is 3. The first-order valence-electron chi connectivity index (χ1n) is 12.0. The molecule has 0 bridgehead atoms. The number of benzene rings is 3. The maximum absolute atomic E-state index is 14.3. The van der Waals surface area contributed by atoms with Gasteiger partial charge in [-0.2, -0.15) is 13.2 Å². The number of carbonyl (C=O) groups excluding carboxylic acids is 3. The van der Waals surface area contributed by atoms with Gasteiger partial charge in [-0.05, 0) is 48.7 Å². The number of hydrogen-bond acceptors (Lipinski definition) is 4. The Kier molecular flexibility index (Phi) is 4.90. The summed E-state index contributed by atoms with van der Waals surface area (Å²) in [7, 11) is 0. The van der Waals surface area contributed by atoms with Gasteiger partial charge in [-0.25, -0.2) is 0 Å². The molecule has 3 aromatic rings. The Labute approximate surface area is 211 Å². The van der Waals surface area contributed by atoms with Gasteiger partial charge in [0.15, 0.2) is 17.3 Å². The second-order valence-corrected chi connectivity index (χ2v) is 10.00. The number of nitrogens with zero attached hydrogens (tertiary/aromatic N) is 1. The molecule has 1 aliphatic carbocycles. The third kappa shape index (κ3) is 3.06. The van der Waals surface area contributed by atoms with Crippen LogP contribution in [-0.4, -0.2) is 29.4 Å². The summed E-state index contributed by atoms with van der Waals surface area (Å²) in [4.78, 5) is 43.7. The van der Waals surface area contributed by atoms with Crippen LogP contribution in [0.4, 0.5) is 18.9 Å². The van der Waals surface area contributed by atoms with Crippen LogP contribution in [0.25, 0.3) is 6.08 Å². The quantitative estimate of drug-likeness (QED) is 0.402. The Morgan fingerprint density at radius 3 is 2.11 bits per heavy atom. The van der Waals surface area contributed by atoms with Crippen molar-refractivity contribution in [2.45, 2.75) is 38.0 Å². The van der Waals surface area contributed by atoms with Gasteiger partial charge < -0.3 is 4.90 Å². The lowest BCUT2D eigenvalue weighted by molar-refractivity contribution is -0.137. The number of carbonyl (C=O) groups is 3. The molecule has 4 nitrogen and oxygen atoms in total. The first kappa shape index (κ1) is 23.4. The summed E-state index contributed by atoms with van der Waals surface area (Å²) in [5, 5.41) is 0. The van der Waals surface area contributed by atoms with Crippen molar-refractivity contribution in [3.63, 3.8) is 0 Å². The van der Waals surface area contributed by atoms with E-state index in [0.29, 0.717) is 5.56 Å². The lowest BCUT2D eigenvalue weighted by Gasteiger charge is -2.37. The lowest BCUT2D eigenvalue weighted by Crippen LogP contribution is -2.48. The van der Waals surface area contributed by atoms with Crippen molar-refractivity contribution in [2.75, 3.05) is 4.90 Å². The minimum absolute atomic E-state index is 0.272. The average molecular weight is 502 g/mol. The number of anilines is 1. The van der Waals surface area contributed by atoms with E-state index in [9.17, 15) is 27.6 Å². The van der Waals surface area contributed by atoms with E-state index in [0.717, 1.165) is 28.9 Å². The van der Waals surface area contributed by atoms with Crippen molar-refractivity contribution in [1.82, 2.24) is 0 Å². The summed E-state index contributed by atoms with van der Waals surface area (Å²) >= 11 is 0. The van der Waals surface area contributed by atoms with E-state index in [1.165, 1.54) is 19.1 Å². The summed E-state index contributed by atoms with van der Waals surface area (Å²) in [5.74, 6) is -2.07. The zero-order valence-electron chi connectivity index (χ0n) is 20.0. The van der Waals surface area contributed by atoms with E-state index in [1.807, 2.05) is 36.1 Å². The number of rotatable bonds is 2. The molecule has 1 spiro atoms.